The van der Waals surface area contributed by atoms with E-state index < -0.39 is 0 Å². The highest BCUT2D eigenvalue weighted by Gasteiger charge is 2.15. The van der Waals surface area contributed by atoms with Crippen LogP contribution < -0.4 is 10.6 Å². The topological polar surface area (TPSA) is 103 Å². The predicted octanol–water partition coefficient (Wildman–Crippen LogP) is 1.58. The van der Waals surface area contributed by atoms with Gasteiger partial charge in [-0.2, -0.15) is 5.10 Å². The van der Waals surface area contributed by atoms with Gasteiger partial charge in [0.15, 0.2) is 11.6 Å². The molecule has 4 rings (SSSR count). The Morgan fingerprint density at radius 2 is 2.04 bits per heavy atom. The number of aromatic nitrogens is 6. The van der Waals surface area contributed by atoms with Gasteiger partial charge in [-0.05, 0) is 36.6 Å². The molecule has 0 aliphatic carbocycles. The summed E-state index contributed by atoms with van der Waals surface area (Å²) in [5, 5.41) is 18.4. The van der Waals surface area contributed by atoms with Crippen LogP contribution in [0.25, 0.3) is 5.82 Å². The van der Waals surface area contributed by atoms with Gasteiger partial charge in [-0.3, -0.25) is 0 Å². The zero-order chi connectivity index (χ0) is 18.5. The second-order valence-electron chi connectivity index (χ2n) is 6.50. The molecule has 0 fully saturated rings. The van der Waals surface area contributed by atoms with Crippen molar-refractivity contribution in [1.82, 2.24) is 40.2 Å². The number of nitrogens with one attached hydrogen (secondary N) is 2. The van der Waals surface area contributed by atoms with Crippen molar-refractivity contribution in [2.75, 3.05) is 0 Å². The summed E-state index contributed by atoms with van der Waals surface area (Å²) >= 11 is 0. The molecule has 9 heteroatoms. The van der Waals surface area contributed by atoms with Crippen LogP contribution in [-0.2, 0) is 26.1 Å². The number of amides is 2. The molecule has 3 aromatic rings. The summed E-state index contributed by atoms with van der Waals surface area (Å²) in [4.78, 5) is 16.4. The Kier molecular flexibility index (Phi) is 5.08. The van der Waals surface area contributed by atoms with E-state index in [4.69, 9.17) is 0 Å². The van der Waals surface area contributed by atoms with Crippen molar-refractivity contribution < 1.29 is 4.79 Å². The van der Waals surface area contributed by atoms with Gasteiger partial charge in [0.05, 0.1) is 6.54 Å². The smallest absolute Gasteiger partial charge is 0.315 e. The number of carbonyl (C=O) groups is 1. The molecule has 140 valence electrons. The Bertz CT molecular complexity index is 902. The van der Waals surface area contributed by atoms with Gasteiger partial charge in [0.2, 0.25) is 0 Å². The first-order valence-electron chi connectivity index (χ1n) is 9.17. The normalized spacial score (nSPS) is 13.6. The molecule has 3 aromatic heterocycles. The van der Waals surface area contributed by atoms with E-state index in [1.54, 1.807) is 17.1 Å². The Labute approximate surface area is 156 Å². The first-order valence-corrected chi connectivity index (χ1v) is 9.17. The van der Waals surface area contributed by atoms with Gasteiger partial charge < -0.3 is 15.2 Å². The van der Waals surface area contributed by atoms with Crippen molar-refractivity contribution in [1.29, 1.82) is 0 Å². The molecule has 1 aliphatic heterocycles. The van der Waals surface area contributed by atoms with Crippen molar-refractivity contribution >= 4 is 6.03 Å². The molecule has 2 N–H and O–H groups in total. The van der Waals surface area contributed by atoms with Crippen molar-refractivity contribution in [2.24, 2.45) is 0 Å². The third-order valence-corrected chi connectivity index (χ3v) is 4.60. The summed E-state index contributed by atoms with van der Waals surface area (Å²) in [6.45, 7) is 1.70. The lowest BCUT2D eigenvalue weighted by Gasteiger charge is -2.10. The highest BCUT2D eigenvalue weighted by Crippen LogP contribution is 2.14. The number of hydrogen-bond donors (Lipinski definition) is 2. The number of fused-ring (bicyclic) bond motifs is 1. The van der Waals surface area contributed by atoms with Crippen LogP contribution in [-0.4, -0.2) is 35.6 Å². The largest absolute Gasteiger partial charge is 0.334 e. The minimum atomic E-state index is -0.238. The summed E-state index contributed by atoms with van der Waals surface area (Å²) < 4.78 is 3.81. The first kappa shape index (κ1) is 17.2. The maximum absolute atomic E-state index is 12.1. The standard InChI is InChI=1S/C18H22N8O/c27-18(21-13-17-24-23-15-5-2-1-3-9-25(15)17)20-12-14-6-8-19-16(11-14)26-10-4-7-22-26/h4,6-8,10-11H,1-3,5,9,12-13H2,(H2,20,21,27). The number of aryl methyl sites for hydroxylation is 1. The quantitative estimate of drug-likeness (QED) is 0.714. The molecule has 4 heterocycles. The van der Waals surface area contributed by atoms with E-state index in [0.717, 1.165) is 43.0 Å². The summed E-state index contributed by atoms with van der Waals surface area (Å²) in [5.41, 5.74) is 0.946. The van der Waals surface area contributed by atoms with Crippen molar-refractivity contribution in [3.63, 3.8) is 0 Å². The molecule has 0 saturated heterocycles. The lowest BCUT2D eigenvalue weighted by atomic mass is 10.2. The summed E-state index contributed by atoms with van der Waals surface area (Å²) in [5.74, 6) is 2.55. The number of hydrogen-bond acceptors (Lipinski definition) is 5. The zero-order valence-electron chi connectivity index (χ0n) is 15.0. The van der Waals surface area contributed by atoms with Crippen LogP contribution in [0, 0.1) is 0 Å². The van der Waals surface area contributed by atoms with Gasteiger partial charge in [-0.15, -0.1) is 10.2 Å². The Hall–Kier alpha value is -3.23. The average molecular weight is 366 g/mol. The van der Waals surface area contributed by atoms with Crippen molar-refractivity contribution in [3.8, 4) is 5.82 Å². The van der Waals surface area contributed by atoms with Gasteiger partial charge in [-0.1, -0.05) is 6.42 Å². The lowest BCUT2D eigenvalue weighted by molar-refractivity contribution is 0.239. The maximum Gasteiger partial charge on any atom is 0.315 e. The molecule has 0 atom stereocenters. The summed E-state index contributed by atoms with van der Waals surface area (Å²) in [6, 6.07) is 5.36. The van der Waals surface area contributed by atoms with Gasteiger partial charge >= 0.3 is 6.03 Å². The van der Waals surface area contributed by atoms with Crippen LogP contribution >= 0.6 is 0 Å². The molecule has 9 nitrogen and oxygen atoms in total. The predicted molar refractivity (Wildman–Crippen MR) is 98.0 cm³/mol. The van der Waals surface area contributed by atoms with E-state index in [2.05, 4.69) is 35.5 Å². The summed E-state index contributed by atoms with van der Waals surface area (Å²) in [7, 11) is 0. The van der Waals surface area contributed by atoms with E-state index >= 15 is 0 Å². The molecule has 1 aliphatic rings. The fraction of sp³-hybridized carbons (Fsp3) is 0.389. The lowest BCUT2D eigenvalue weighted by Crippen LogP contribution is -2.35. The molecule has 0 saturated carbocycles. The van der Waals surface area contributed by atoms with E-state index in [-0.39, 0.29) is 6.03 Å². The fourth-order valence-electron chi connectivity index (χ4n) is 3.18. The molecule has 0 aromatic carbocycles. The number of nitrogens with zero attached hydrogens (tertiary/aromatic N) is 6. The van der Waals surface area contributed by atoms with Gasteiger partial charge in [0, 0.05) is 38.1 Å². The number of rotatable bonds is 5. The van der Waals surface area contributed by atoms with E-state index in [1.807, 2.05) is 24.4 Å². The van der Waals surface area contributed by atoms with E-state index in [0.29, 0.717) is 18.9 Å². The van der Waals surface area contributed by atoms with Crippen molar-refractivity contribution in [3.05, 3.63) is 54.0 Å². The Balaban J connectivity index is 1.30. The van der Waals surface area contributed by atoms with E-state index in [1.165, 1.54) is 6.42 Å². The highest BCUT2D eigenvalue weighted by molar-refractivity contribution is 5.73. The SMILES string of the molecule is O=C(NCc1ccnc(-n2cccn2)c1)NCc1nnc2n1CCCCC2. The van der Waals surface area contributed by atoms with Crippen LogP contribution in [0.2, 0.25) is 0 Å². The third-order valence-electron chi connectivity index (χ3n) is 4.60. The van der Waals surface area contributed by atoms with Gasteiger partial charge in [0.25, 0.3) is 0 Å². The second kappa shape index (κ2) is 7.98. The summed E-state index contributed by atoms with van der Waals surface area (Å²) in [6.07, 6.45) is 9.68. The van der Waals surface area contributed by atoms with Crippen LogP contribution in [0.5, 0.6) is 0 Å². The molecule has 0 bridgehead atoms. The Morgan fingerprint density at radius 1 is 1.11 bits per heavy atom. The van der Waals surface area contributed by atoms with Crippen LogP contribution in [0.15, 0.2) is 36.8 Å². The minimum Gasteiger partial charge on any atom is -0.334 e. The number of urea groups is 1. The van der Waals surface area contributed by atoms with Crippen LogP contribution in [0.3, 0.4) is 0 Å². The molecular formula is C18H22N8O. The fourth-order valence-corrected chi connectivity index (χ4v) is 3.18. The Morgan fingerprint density at radius 3 is 2.93 bits per heavy atom. The minimum absolute atomic E-state index is 0.238. The number of pyridine rings is 1. The molecule has 0 radical (unpaired) electrons. The number of carbonyl (C=O) groups excluding carboxylic acids is 1. The second-order valence-corrected chi connectivity index (χ2v) is 6.50. The van der Waals surface area contributed by atoms with Gasteiger partial charge in [0.1, 0.15) is 5.82 Å². The average Bonchev–Trinajstić information content (AvgIpc) is 3.30. The van der Waals surface area contributed by atoms with E-state index in [9.17, 15) is 4.79 Å². The highest BCUT2D eigenvalue weighted by atomic mass is 16.2. The molecule has 0 spiro atoms. The zero-order valence-corrected chi connectivity index (χ0v) is 15.0. The van der Waals surface area contributed by atoms with Crippen LogP contribution in [0.4, 0.5) is 4.79 Å². The monoisotopic (exact) mass is 366 g/mol. The maximum atomic E-state index is 12.1. The first-order chi connectivity index (χ1) is 13.3. The van der Waals surface area contributed by atoms with Gasteiger partial charge in [-0.25, -0.2) is 14.5 Å². The third kappa shape index (κ3) is 4.13. The molecule has 2 amide bonds. The molecule has 27 heavy (non-hydrogen) atoms. The molecular weight excluding hydrogens is 344 g/mol. The molecule has 0 unspecified atom stereocenters. The van der Waals surface area contributed by atoms with Crippen molar-refractivity contribution in [2.45, 2.75) is 45.3 Å². The van der Waals surface area contributed by atoms with Crippen LogP contribution in [0.1, 0.15) is 36.5 Å².